The smallest absolute Gasteiger partial charge is 0.220 e. The number of carbonyl (C=O) groups excluding carboxylic acids is 1. The van der Waals surface area contributed by atoms with Gasteiger partial charge in [-0.1, -0.05) is 39.0 Å². The molecule has 1 fully saturated rings. The minimum atomic E-state index is 0.123. The number of rotatable bonds is 6. The fourth-order valence-corrected chi connectivity index (χ4v) is 2.62. The van der Waals surface area contributed by atoms with Crippen molar-refractivity contribution in [3.8, 4) is 0 Å². The Morgan fingerprint density at radius 1 is 1.29 bits per heavy atom. The first kappa shape index (κ1) is 14.5. The minimum Gasteiger partial charge on any atom is -0.355 e. The summed E-state index contributed by atoms with van der Waals surface area (Å²) in [5.74, 6) is 0.809. The van der Waals surface area contributed by atoms with E-state index in [0.29, 0.717) is 18.9 Å². The van der Waals surface area contributed by atoms with E-state index >= 15 is 0 Å². The van der Waals surface area contributed by atoms with E-state index in [9.17, 15) is 4.79 Å². The normalized spacial score (nSPS) is 19.6. The lowest BCUT2D eigenvalue weighted by Crippen LogP contribution is -2.37. The molecule has 1 unspecified atom stereocenters. The van der Waals surface area contributed by atoms with Gasteiger partial charge in [-0.25, -0.2) is 0 Å². The molecule has 1 amide bonds. The summed E-state index contributed by atoms with van der Waals surface area (Å²) in [5, 5.41) is 2.97. The van der Waals surface area contributed by atoms with Crippen LogP contribution >= 0.6 is 0 Å². The summed E-state index contributed by atoms with van der Waals surface area (Å²) in [6, 6.07) is 0.123. The molecule has 1 rings (SSSR count). The Kier molecular flexibility index (Phi) is 7.25. The topological polar surface area (TPSA) is 55.1 Å². The van der Waals surface area contributed by atoms with Crippen LogP contribution in [0.15, 0.2) is 0 Å². The van der Waals surface area contributed by atoms with Crippen LogP contribution in [0.5, 0.6) is 0 Å². The highest BCUT2D eigenvalue weighted by molar-refractivity contribution is 5.76. The molecule has 1 atom stereocenters. The Labute approximate surface area is 106 Å². The molecule has 0 spiro atoms. The van der Waals surface area contributed by atoms with E-state index in [2.05, 4.69) is 12.2 Å². The van der Waals surface area contributed by atoms with Crippen LogP contribution in [0.4, 0.5) is 0 Å². The van der Waals surface area contributed by atoms with Crippen molar-refractivity contribution in [2.24, 2.45) is 11.7 Å². The lowest BCUT2D eigenvalue weighted by atomic mass is 9.96. The van der Waals surface area contributed by atoms with Gasteiger partial charge in [0, 0.05) is 19.0 Å². The third-order valence-electron chi connectivity index (χ3n) is 3.67. The molecule has 0 aromatic rings. The molecule has 3 nitrogen and oxygen atoms in total. The zero-order valence-electron chi connectivity index (χ0n) is 11.2. The lowest BCUT2D eigenvalue weighted by Gasteiger charge is -2.15. The van der Waals surface area contributed by atoms with Crippen LogP contribution in [-0.2, 0) is 4.79 Å². The second-order valence-electron chi connectivity index (χ2n) is 5.41. The van der Waals surface area contributed by atoms with Gasteiger partial charge >= 0.3 is 0 Å². The summed E-state index contributed by atoms with van der Waals surface area (Å²) in [4.78, 5) is 11.8. The molecule has 0 aliphatic heterocycles. The van der Waals surface area contributed by atoms with Gasteiger partial charge in [0.25, 0.3) is 0 Å². The molecule has 0 radical (unpaired) electrons. The fraction of sp³-hybridized carbons (Fsp3) is 0.929. The van der Waals surface area contributed by atoms with E-state index < -0.39 is 0 Å². The van der Waals surface area contributed by atoms with Crippen molar-refractivity contribution in [1.82, 2.24) is 5.32 Å². The van der Waals surface area contributed by atoms with E-state index in [0.717, 1.165) is 12.8 Å². The molecule has 17 heavy (non-hydrogen) atoms. The summed E-state index contributed by atoms with van der Waals surface area (Å²) < 4.78 is 0. The number of amides is 1. The van der Waals surface area contributed by atoms with Gasteiger partial charge < -0.3 is 11.1 Å². The van der Waals surface area contributed by atoms with Crippen molar-refractivity contribution < 1.29 is 4.79 Å². The SMILES string of the molecule is CCCC(N)CNC(=O)CC1CCCCCC1. The highest BCUT2D eigenvalue weighted by Crippen LogP contribution is 2.25. The zero-order valence-corrected chi connectivity index (χ0v) is 11.2. The number of hydrogen-bond acceptors (Lipinski definition) is 2. The Bertz CT molecular complexity index is 210. The summed E-state index contributed by atoms with van der Waals surface area (Å²) in [6.45, 7) is 2.76. The Morgan fingerprint density at radius 3 is 2.53 bits per heavy atom. The molecular weight excluding hydrogens is 212 g/mol. The van der Waals surface area contributed by atoms with E-state index in [1.165, 1.54) is 38.5 Å². The van der Waals surface area contributed by atoms with Crippen molar-refractivity contribution in [2.45, 2.75) is 70.8 Å². The summed E-state index contributed by atoms with van der Waals surface area (Å²) >= 11 is 0. The monoisotopic (exact) mass is 240 g/mol. The number of nitrogens with two attached hydrogens (primary N) is 1. The van der Waals surface area contributed by atoms with Gasteiger partial charge in [-0.2, -0.15) is 0 Å². The minimum absolute atomic E-state index is 0.123. The van der Waals surface area contributed by atoms with E-state index in [-0.39, 0.29) is 11.9 Å². The first-order valence-corrected chi connectivity index (χ1v) is 7.24. The highest BCUT2D eigenvalue weighted by Gasteiger charge is 2.16. The molecular formula is C14H28N2O. The molecule has 0 bridgehead atoms. The standard InChI is InChI=1S/C14H28N2O/c1-2-7-13(15)11-16-14(17)10-12-8-5-3-4-6-9-12/h12-13H,2-11,15H2,1H3,(H,16,17). The van der Waals surface area contributed by atoms with E-state index in [4.69, 9.17) is 5.73 Å². The van der Waals surface area contributed by atoms with Gasteiger partial charge in [-0.05, 0) is 25.2 Å². The van der Waals surface area contributed by atoms with Crippen molar-refractivity contribution >= 4 is 5.91 Å². The van der Waals surface area contributed by atoms with Gasteiger partial charge in [0.05, 0.1) is 0 Å². The average molecular weight is 240 g/mol. The maximum atomic E-state index is 11.8. The predicted octanol–water partition coefficient (Wildman–Crippen LogP) is 2.59. The molecule has 100 valence electrons. The van der Waals surface area contributed by atoms with Crippen LogP contribution in [0, 0.1) is 5.92 Å². The maximum Gasteiger partial charge on any atom is 0.220 e. The Hall–Kier alpha value is -0.570. The third-order valence-corrected chi connectivity index (χ3v) is 3.67. The molecule has 3 heteroatoms. The average Bonchev–Trinajstić information content (AvgIpc) is 2.55. The quantitative estimate of drug-likeness (QED) is 0.701. The van der Waals surface area contributed by atoms with Crippen LogP contribution in [0.1, 0.15) is 64.7 Å². The van der Waals surface area contributed by atoms with Gasteiger partial charge in [-0.15, -0.1) is 0 Å². The summed E-state index contributed by atoms with van der Waals surface area (Å²) in [6.07, 6.45) is 10.5. The molecule has 1 aliphatic carbocycles. The van der Waals surface area contributed by atoms with Gasteiger partial charge in [-0.3, -0.25) is 4.79 Å². The van der Waals surface area contributed by atoms with E-state index in [1.807, 2.05) is 0 Å². The van der Waals surface area contributed by atoms with Gasteiger partial charge in [0.2, 0.25) is 5.91 Å². The van der Waals surface area contributed by atoms with Crippen molar-refractivity contribution in [2.75, 3.05) is 6.54 Å². The molecule has 0 saturated heterocycles. The van der Waals surface area contributed by atoms with Crippen molar-refractivity contribution in [3.05, 3.63) is 0 Å². The summed E-state index contributed by atoms with van der Waals surface area (Å²) in [5.41, 5.74) is 5.88. The zero-order chi connectivity index (χ0) is 12.5. The van der Waals surface area contributed by atoms with Crippen LogP contribution in [0.2, 0.25) is 0 Å². The summed E-state index contributed by atoms with van der Waals surface area (Å²) in [7, 11) is 0. The molecule has 3 N–H and O–H groups in total. The molecule has 0 heterocycles. The van der Waals surface area contributed by atoms with Crippen LogP contribution in [0.3, 0.4) is 0 Å². The van der Waals surface area contributed by atoms with Gasteiger partial charge in [0.15, 0.2) is 0 Å². The maximum absolute atomic E-state index is 11.8. The fourth-order valence-electron chi connectivity index (χ4n) is 2.62. The molecule has 0 aromatic carbocycles. The number of carbonyl (C=O) groups is 1. The van der Waals surface area contributed by atoms with E-state index in [1.54, 1.807) is 0 Å². The lowest BCUT2D eigenvalue weighted by molar-refractivity contribution is -0.122. The van der Waals surface area contributed by atoms with Crippen molar-refractivity contribution in [1.29, 1.82) is 0 Å². The van der Waals surface area contributed by atoms with Crippen LogP contribution < -0.4 is 11.1 Å². The van der Waals surface area contributed by atoms with Crippen LogP contribution in [0.25, 0.3) is 0 Å². The molecule has 1 aliphatic rings. The van der Waals surface area contributed by atoms with Gasteiger partial charge in [0.1, 0.15) is 0 Å². The second kappa shape index (κ2) is 8.51. The largest absolute Gasteiger partial charge is 0.355 e. The Balaban J connectivity index is 2.14. The third kappa shape index (κ3) is 6.67. The molecule has 1 saturated carbocycles. The highest BCUT2D eigenvalue weighted by atomic mass is 16.1. The number of hydrogen-bond donors (Lipinski definition) is 2. The Morgan fingerprint density at radius 2 is 1.94 bits per heavy atom. The molecule has 0 aromatic heterocycles. The second-order valence-corrected chi connectivity index (χ2v) is 5.41. The van der Waals surface area contributed by atoms with Crippen LogP contribution in [-0.4, -0.2) is 18.5 Å². The first-order chi connectivity index (χ1) is 8.22. The number of nitrogens with one attached hydrogen (secondary N) is 1. The van der Waals surface area contributed by atoms with Crippen molar-refractivity contribution in [3.63, 3.8) is 0 Å². The first-order valence-electron chi connectivity index (χ1n) is 7.24. The predicted molar refractivity (Wildman–Crippen MR) is 71.7 cm³/mol.